The predicted octanol–water partition coefficient (Wildman–Crippen LogP) is 1.79. The lowest BCUT2D eigenvalue weighted by molar-refractivity contribution is 0.242. The van der Waals surface area contributed by atoms with Crippen molar-refractivity contribution >= 4 is 11.0 Å². The molecule has 2 aromatic heterocycles. The number of hydrogen-bond donors (Lipinski definition) is 4. The highest BCUT2D eigenvalue weighted by Crippen LogP contribution is 2.18. The summed E-state index contributed by atoms with van der Waals surface area (Å²) < 4.78 is 5.43. The minimum atomic E-state index is -0.199. The van der Waals surface area contributed by atoms with Crippen molar-refractivity contribution in [2.75, 3.05) is 0 Å². The standard InChI is InChI=1S/C15H17N3O3/c1-9(16-7-11-3-4-12(8-19)21-11)10-2-5-13-14(6-10)18-15(20)17-13/h2-6,9,16,19H,7-8H2,1H3,(H2,17,18,20). The molecule has 6 heteroatoms. The predicted molar refractivity (Wildman–Crippen MR) is 78.8 cm³/mol. The van der Waals surface area contributed by atoms with Crippen LogP contribution in [0.2, 0.25) is 0 Å². The topological polar surface area (TPSA) is 94.0 Å². The molecule has 0 aliphatic rings. The van der Waals surface area contributed by atoms with Gasteiger partial charge in [0.25, 0.3) is 0 Å². The summed E-state index contributed by atoms with van der Waals surface area (Å²) in [6.45, 7) is 2.53. The lowest BCUT2D eigenvalue weighted by Crippen LogP contribution is -2.17. The van der Waals surface area contributed by atoms with Gasteiger partial charge in [0.05, 0.1) is 17.6 Å². The van der Waals surface area contributed by atoms with E-state index in [1.807, 2.05) is 31.2 Å². The van der Waals surface area contributed by atoms with Gasteiger partial charge >= 0.3 is 5.69 Å². The number of fused-ring (bicyclic) bond motifs is 1. The van der Waals surface area contributed by atoms with Crippen molar-refractivity contribution in [3.05, 3.63) is 57.9 Å². The summed E-state index contributed by atoms with van der Waals surface area (Å²) in [6.07, 6.45) is 0. The largest absolute Gasteiger partial charge is 0.462 e. The normalized spacial score (nSPS) is 12.9. The summed E-state index contributed by atoms with van der Waals surface area (Å²) in [7, 11) is 0. The van der Waals surface area contributed by atoms with E-state index in [2.05, 4.69) is 15.3 Å². The van der Waals surface area contributed by atoms with E-state index in [1.165, 1.54) is 0 Å². The van der Waals surface area contributed by atoms with Crippen LogP contribution in [0.3, 0.4) is 0 Å². The zero-order valence-electron chi connectivity index (χ0n) is 11.6. The number of rotatable bonds is 5. The molecule has 4 N–H and O–H groups in total. The molecular weight excluding hydrogens is 270 g/mol. The van der Waals surface area contributed by atoms with Crippen molar-refractivity contribution in [1.29, 1.82) is 0 Å². The van der Waals surface area contributed by atoms with E-state index >= 15 is 0 Å². The van der Waals surface area contributed by atoms with Gasteiger partial charge in [0.2, 0.25) is 0 Å². The molecule has 0 saturated carbocycles. The van der Waals surface area contributed by atoms with Crippen LogP contribution in [-0.2, 0) is 13.2 Å². The van der Waals surface area contributed by atoms with Gasteiger partial charge in [-0.15, -0.1) is 0 Å². The number of hydrogen-bond acceptors (Lipinski definition) is 4. The number of imidazole rings is 1. The molecule has 21 heavy (non-hydrogen) atoms. The maximum absolute atomic E-state index is 11.3. The fourth-order valence-electron chi connectivity index (χ4n) is 2.29. The molecule has 1 atom stereocenters. The summed E-state index contributed by atoms with van der Waals surface area (Å²) in [5.74, 6) is 1.34. The first kappa shape index (κ1) is 13.7. The second kappa shape index (κ2) is 5.59. The molecule has 6 nitrogen and oxygen atoms in total. The second-order valence-corrected chi connectivity index (χ2v) is 5.01. The Hall–Kier alpha value is -2.31. The first-order chi connectivity index (χ1) is 10.2. The van der Waals surface area contributed by atoms with Crippen LogP contribution in [0.15, 0.2) is 39.5 Å². The van der Waals surface area contributed by atoms with E-state index in [0.717, 1.165) is 22.4 Å². The van der Waals surface area contributed by atoms with E-state index in [-0.39, 0.29) is 18.3 Å². The van der Waals surface area contributed by atoms with E-state index in [0.29, 0.717) is 12.3 Å². The first-order valence-electron chi connectivity index (χ1n) is 6.79. The number of aromatic nitrogens is 2. The van der Waals surface area contributed by atoms with Crippen LogP contribution < -0.4 is 11.0 Å². The highest BCUT2D eigenvalue weighted by molar-refractivity contribution is 5.75. The summed E-state index contributed by atoms with van der Waals surface area (Å²) in [4.78, 5) is 16.7. The van der Waals surface area contributed by atoms with E-state index in [9.17, 15) is 4.79 Å². The maximum Gasteiger partial charge on any atom is 0.323 e. The lowest BCUT2D eigenvalue weighted by Gasteiger charge is -2.13. The number of aromatic amines is 2. The van der Waals surface area contributed by atoms with Crippen LogP contribution in [0.25, 0.3) is 11.0 Å². The van der Waals surface area contributed by atoms with E-state index in [4.69, 9.17) is 9.52 Å². The van der Waals surface area contributed by atoms with Crippen molar-refractivity contribution in [3.8, 4) is 0 Å². The molecule has 2 heterocycles. The third-order valence-electron chi connectivity index (χ3n) is 3.50. The van der Waals surface area contributed by atoms with Gasteiger partial charge in [-0.05, 0) is 36.8 Å². The monoisotopic (exact) mass is 287 g/mol. The van der Waals surface area contributed by atoms with Crippen LogP contribution in [-0.4, -0.2) is 15.1 Å². The third kappa shape index (κ3) is 2.91. The minimum Gasteiger partial charge on any atom is -0.462 e. The Balaban J connectivity index is 1.70. The number of aliphatic hydroxyl groups is 1. The van der Waals surface area contributed by atoms with Crippen molar-refractivity contribution in [3.63, 3.8) is 0 Å². The average Bonchev–Trinajstić information content (AvgIpc) is 3.08. The van der Waals surface area contributed by atoms with Crippen LogP contribution in [0.5, 0.6) is 0 Å². The zero-order chi connectivity index (χ0) is 14.8. The van der Waals surface area contributed by atoms with Gasteiger partial charge < -0.3 is 24.8 Å². The Labute approximate surface area is 120 Å². The first-order valence-corrected chi connectivity index (χ1v) is 6.79. The molecule has 0 aliphatic heterocycles. The van der Waals surface area contributed by atoms with Gasteiger partial charge in [0.15, 0.2) is 0 Å². The van der Waals surface area contributed by atoms with Gasteiger partial charge in [-0.3, -0.25) is 0 Å². The van der Waals surface area contributed by atoms with Gasteiger partial charge in [0, 0.05) is 6.04 Å². The summed E-state index contributed by atoms with van der Waals surface area (Å²) in [5, 5.41) is 12.3. The fourth-order valence-corrected chi connectivity index (χ4v) is 2.29. The number of furan rings is 1. The van der Waals surface area contributed by atoms with E-state index in [1.54, 1.807) is 6.07 Å². The molecule has 110 valence electrons. The number of nitrogens with one attached hydrogen (secondary N) is 3. The van der Waals surface area contributed by atoms with Gasteiger partial charge in [-0.25, -0.2) is 4.79 Å². The molecule has 1 aromatic carbocycles. The molecule has 0 radical (unpaired) electrons. The van der Waals surface area contributed by atoms with Crippen molar-refractivity contribution in [1.82, 2.24) is 15.3 Å². The third-order valence-corrected chi connectivity index (χ3v) is 3.50. The van der Waals surface area contributed by atoms with Crippen LogP contribution in [0.1, 0.15) is 30.0 Å². The Bertz CT molecular complexity index is 800. The van der Waals surface area contributed by atoms with Crippen LogP contribution >= 0.6 is 0 Å². The number of benzene rings is 1. The molecular formula is C15H17N3O3. The van der Waals surface area contributed by atoms with Gasteiger partial charge in [-0.2, -0.15) is 0 Å². The molecule has 3 rings (SSSR count). The zero-order valence-corrected chi connectivity index (χ0v) is 11.6. The van der Waals surface area contributed by atoms with Gasteiger partial charge in [0.1, 0.15) is 18.1 Å². The Morgan fingerprint density at radius 2 is 1.95 bits per heavy atom. The molecule has 0 fully saturated rings. The number of H-pyrrole nitrogens is 2. The summed E-state index contributed by atoms with van der Waals surface area (Å²) >= 11 is 0. The lowest BCUT2D eigenvalue weighted by atomic mass is 10.1. The smallest absolute Gasteiger partial charge is 0.323 e. The van der Waals surface area contributed by atoms with Crippen LogP contribution in [0.4, 0.5) is 0 Å². The summed E-state index contributed by atoms with van der Waals surface area (Å²) in [5.41, 5.74) is 2.47. The molecule has 1 unspecified atom stereocenters. The van der Waals surface area contributed by atoms with Crippen molar-refractivity contribution < 1.29 is 9.52 Å². The Morgan fingerprint density at radius 1 is 1.19 bits per heavy atom. The Morgan fingerprint density at radius 3 is 2.71 bits per heavy atom. The van der Waals surface area contributed by atoms with E-state index < -0.39 is 0 Å². The summed E-state index contributed by atoms with van der Waals surface area (Å²) in [6, 6.07) is 9.53. The number of aliphatic hydroxyl groups excluding tert-OH is 1. The fraction of sp³-hybridized carbons (Fsp3) is 0.267. The molecule has 0 amide bonds. The van der Waals surface area contributed by atoms with Crippen molar-refractivity contribution in [2.24, 2.45) is 0 Å². The van der Waals surface area contributed by atoms with Crippen LogP contribution in [0, 0.1) is 0 Å². The van der Waals surface area contributed by atoms with Gasteiger partial charge in [-0.1, -0.05) is 6.07 Å². The molecule has 0 aliphatic carbocycles. The van der Waals surface area contributed by atoms with Crippen molar-refractivity contribution in [2.45, 2.75) is 26.1 Å². The minimum absolute atomic E-state index is 0.0902. The molecule has 0 bridgehead atoms. The maximum atomic E-state index is 11.3. The Kier molecular flexibility index (Phi) is 3.64. The quantitative estimate of drug-likeness (QED) is 0.575. The second-order valence-electron chi connectivity index (χ2n) is 5.01. The highest BCUT2D eigenvalue weighted by Gasteiger charge is 2.08. The molecule has 0 saturated heterocycles. The molecule has 0 spiro atoms. The SMILES string of the molecule is CC(NCc1ccc(CO)o1)c1ccc2[nH]c(=O)[nH]c2c1. The molecule has 3 aromatic rings. The highest BCUT2D eigenvalue weighted by atomic mass is 16.4. The average molecular weight is 287 g/mol.